The molecule has 0 saturated heterocycles. The monoisotopic (exact) mass is 295 g/mol. The average Bonchev–Trinajstić information content (AvgIpc) is 3.08. The highest BCUT2D eigenvalue weighted by Gasteiger charge is 2.17. The zero-order valence-electron chi connectivity index (χ0n) is 10.9. The molecule has 0 bridgehead atoms. The molecular formula is C16H10FN3S. The van der Waals surface area contributed by atoms with Gasteiger partial charge in [0, 0.05) is 5.56 Å². The van der Waals surface area contributed by atoms with Crippen molar-refractivity contribution in [2.24, 2.45) is 0 Å². The Morgan fingerprint density at radius 1 is 0.952 bits per heavy atom. The molecule has 2 aromatic carbocycles. The summed E-state index contributed by atoms with van der Waals surface area (Å²) in [5, 5.41) is 4.29. The molecule has 0 radical (unpaired) electrons. The first-order valence-electron chi connectivity index (χ1n) is 6.47. The van der Waals surface area contributed by atoms with Gasteiger partial charge in [-0.1, -0.05) is 53.8 Å². The van der Waals surface area contributed by atoms with Gasteiger partial charge in [-0.15, -0.1) is 0 Å². The number of aromatic nitrogens is 3. The van der Waals surface area contributed by atoms with Crippen LogP contribution in [0.4, 0.5) is 4.39 Å². The smallest absolute Gasteiger partial charge is 0.207 e. The Hall–Kier alpha value is -2.53. The Morgan fingerprint density at radius 2 is 1.76 bits per heavy atom. The molecule has 0 N–H and O–H groups in total. The lowest BCUT2D eigenvalue weighted by Crippen LogP contribution is -1.90. The summed E-state index contributed by atoms with van der Waals surface area (Å²) in [5.74, 6) is -0.245. The quantitative estimate of drug-likeness (QED) is 0.553. The molecule has 0 aliphatic heterocycles. The van der Waals surface area contributed by atoms with Gasteiger partial charge in [-0.3, -0.25) is 0 Å². The highest BCUT2D eigenvalue weighted by atomic mass is 32.1. The molecule has 0 aliphatic rings. The van der Waals surface area contributed by atoms with Crippen molar-refractivity contribution in [2.45, 2.75) is 0 Å². The summed E-state index contributed by atoms with van der Waals surface area (Å²) in [6.45, 7) is 0. The Kier molecular flexibility index (Phi) is 2.79. The minimum absolute atomic E-state index is 0.245. The minimum atomic E-state index is -0.245. The van der Waals surface area contributed by atoms with Crippen molar-refractivity contribution in [2.75, 3.05) is 0 Å². The first kappa shape index (κ1) is 12.2. The summed E-state index contributed by atoms with van der Waals surface area (Å²) >= 11 is 1.51. The lowest BCUT2D eigenvalue weighted by Gasteiger charge is -2.04. The number of nitrogens with zero attached hydrogens (tertiary/aromatic N) is 3. The first-order valence-corrected chi connectivity index (χ1v) is 7.28. The van der Waals surface area contributed by atoms with Crippen LogP contribution < -0.4 is 0 Å². The molecule has 102 valence electrons. The van der Waals surface area contributed by atoms with Crippen LogP contribution >= 0.6 is 11.3 Å². The maximum Gasteiger partial charge on any atom is 0.213 e. The predicted octanol–water partition coefficient (Wildman–Crippen LogP) is 4.26. The van der Waals surface area contributed by atoms with Gasteiger partial charge in [0.15, 0.2) is 0 Å². The van der Waals surface area contributed by atoms with Crippen LogP contribution in [0.25, 0.3) is 26.7 Å². The van der Waals surface area contributed by atoms with Gasteiger partial charge in [0.1, 0.15) is 12.1 Å². The molecule has 4 aromatic rings. The van der Waals surface area contributed by atoms with Crippen LogP contribution in [-0.4, -0.2) is 14.6 Å². The molecule has 0 aliphatic carbocycles. The summed E-state index contributed by atoms with van der Waals surface area (Å²) in [6, 6.07) is 16.6. The second-order valence-electron chi connectivity index (χ2n) is 4.61. The third-order valence-corrected chi connectivity index (χ3v) is 4.36. The van der Waals surface area contributed by atoms with E-state index >= 15 is 0 Å². The third-order valence-electron chi connectivity index (χ3n) is 3.27. The molecular weight excluding hydrogens is 285 g/mol. The standard InChI is InChI=1S/C16H10FN3S/c17-13-8-4-7-12(9-13)15-14(11-5-2-1-3-6-11)20-16(21-15)18-10-19-20/h1-10H. The Bertz CT molecular complexity index is 912. The van der Waals surface area contributed by atoms with Crippen molar-refractivity contribution in [3.63, 3.8) is 0 Å². The summed E-state index contributed by atoms with van der Waals surface area (Å²) in [5.41, 5.74) is 2.82. The summed E-state index contributed by atoms with van der Waals surface area (Å²) in [6.07, 6.45) is 1.54. The first-order chi connectivity index (χ1) is 10.3. The number of rotatable bonds is 2. The molecule has 0 fully saturated rings. The van der Waals surface area contributed by atoms with Crippen molar-refractivity contribution in [3.8, 4) is 21.7 Å². The second kappa shape index (κ2) is 4.79. The summed E-state index contributed by atoms with van der Waals surface area (Å²) in [7, 11) is 0. The average molecular weight is 295 g/mol. The normalized spacial score (nSPS) is 11.1. The van der Waals surface area contributed by atoms with E-state index in [-0.39, 0.29) is 5.82 Å². The number of fused-ring (bicyclic) bond motifs is 1. The molecule has 0 atom stereocenters. The van der Waals surface area contributed by atoms with Crippen LogP contribution in [0.5, 0.6) is 0 Å². The largest absolute Gasteiger partial charge is 0.213 e. The predicted molar refractivity (Wildman–Crippen MR) is 81.7 cm³/mol. The molecule has 2 heterocycles. The van der Waals surface area contributed by atoms with Crippen LogP contribution in [-0.2, 0) is 0 Å². The zero-order valence-corrected chi connectivity index (χ0v) is 11.7. The van der Waals surface area contributed by atoms with Gasteiger partial charge in [-0.25, -0.2) is 13.9 Å². The fraction of sp³-hybridized carbons (Fsp3) is 0. The highest BCUT2D eigenvalue weighted by molar-refractivity contribution is 7.20. The lowest BCUT2D eigenvalue weighted by atomic mass is 10.1. The molecule has 0 spiro atoms. The maximum atomic E-state index is 13.5. The number of hydrogen-bond donors (Lipinski definition) is 0. The number of halogens is 1. The Balaban J connectivity index is 2.03. The van der Waals surface area contributed by atoms with Crippen molar-refractivity contribution >= 4 is 16.3 Å². The second-order valence-corrected chi connectivity index (χ2v) is 5.59. The molecule has 0 amide bonds. The van der Waals surface area contributed by atoms with Crippen LogP contribution in [0.3, 0.4) is 0 Å². The molecule has 3 nitrogen and oxygen atoms in total. The van der Waals surface area contributed by atoms with Crippen molar-refractivity contribution in [1.29, 1.82) is 0 Å². The van der Waals surface area contributed by atoms with Crippen molar-refractivity contribution < 1.29 is 4.39 Å². The summed E-state index contributed by atoms with van der Waals surface area (Å²) < 4.78 is 15.3. The molecule has 5 heteroatoms. The van der Waals surface area contributed by atoms with Gasteiger partial charge in [0.2, 0.25) is 4.96 Å². The Morgan fingerprint density at radius 3 is 2.57 bits per heavy atom. The van der Waals surface area contributed by atoms with Crippen molar-refractivity contribution in [1.82, 2.24) is 14.6 Å². The number of benzene rings is 2. The van der Waals surface area contributed by atoms with Gasteiger partial charge in [0.25, 0.3) is 0 Å². The van der Waals surface area contributed by atoms with E-state index in [0.29, 0.717) is 0 Å². The number of thiazole rings is 1. The minimum Gasteiger partial charge on any atom is -0.207 e. The van der Waals surface area contributed by atoms with E-state index in [1.807, 2.05) is 36.4 Å². The highest BCUT2D eigenvalue weighted by Crippen LogP contribution is 2.38. The van der Waals surface area contributed by atoms with E-state index in [1.165, 1.54) is 29.8 Å². The van der Waals surface area contributed by atoms with E-state index in [0.717, 1.165) is 26.7 Å². The SMILES string of the molecule is Fc1cccc(-c2sc3ncnn3c2-c2ccccc2)c1. The van der Waals surface area contributed by atoms with Crippen LogP contribution in [0, 0.1) is 5.82 Å². The van der Waals surface area contributed by atoms with E-state index in [1.54, 1.807) is 10.6 Å². The van der Waals surface area contributed by atoms with Crippen LogP contribution in [0.1, 0.15) is 0 Å². The molecule has 2 aromatic heterocycles. The van der Waals surface area contributed by atoms with Crippen LogP contribution in [0.2, 0.25) is 0 Å². The Labute approximate surface area is 124 Å². The van der Waals surface area contributed by atoms with Gasteiger partial charge in [-0.2, -0.15) is 5.10 Å². The topological polar surface area (TPSA) is 30.2 Å². The van der Waals surface area contributed by atoms with E-state index in [9.17, 15) is 4.39 Å². The zero-order chi connectivity index (χ0) is 14.2. The summed E-state index contributed by atoms with van der Waals surface area (Å²) in [4.78, 5) is 6.02. The maximum absolute atomic E-state index is 13.5. The molecule has 4 rings (SSSR count). The lowest BCUT2D eigenvalue weighted by molar-refractivity contribution is 0.628. The van der Waals surface area contributed by atoms with Gasteiger partial charge in [-0.05, 0) is 17.7 Å². The van der Waals surface area contributed by atoms with Crippen molar-refractivity contribution in [3.05, 3.63) is 66.7 Å². The van der Waals surface area contributed by atoms with E-state index in [4.69, 9.17) is 0 Å². The molecule has 0 unspecified atom stereocenters. The van der Waals surface area contributed by atoms with E-state index in [2.05, 4.69) is 10.1 Å². The van der Waals surface area contributed by atoms with Gasteiger partial charge in [0.05, 0.1) is 10.6 Å². The van der Waals surface area contributed by atoms with Crippen LogP contribution in [0.15, 0.2) is 60.9 Å². The molecule has 0 saturated carbocycles. The fourth-order valence-corrected chi connectivity index (χ4v) is 3.42. The number of hydrogen-bond acceptors (Lipinski definition) is 3. The van der Waals surface area contributed by atoms with Gasteiger partial charge < -0.3 is 0 Å². The third kappa shape index (κ3) is 2.02. The van der Waals surface area contributed by atoms with Gasteiger partial charge >= 0.3 is 0 Å². The van der Waals surface area contributed by atoms with E-state index < -0.39 is 0 Å². The molecule has 21 heavy (non-hydrogen) atoms. The fourth-order valence-electron chi connectivity index (χ4n) is 2.36.